The summed E-state index contributed by atoms with van der Waals surface area (Å²) in [5.41, 5.74) is 27.9. The van der Waals surface area contributed by atoms with E-state index in [1.165, 1.54) is 135 Å². The first-order valence-electron chi connectivity index (χ1n) is 49.1. The van der Waals surface area contributed by atoms with Gasteiger partial charge in [-0.25, -0.2) is 0 Å². The molecule has 1 aliphatic rings. The standard InChI is InChI=1S/C22H22N.3C21H22N.C13H24O2.C11H20O2.C9H16O2.C5H8O2.4Ir/c1-15-12-16(2)14-18(13-15)21-11-10-20-19(17-6-3-4-7-17)8-5-9-22(20)23-21;3*1-14(2)9-17-5-7-20-18(13-17)6-8-21(22-20)19-11-15(3)10-16(4)12-19;1-5-10(6-2)12(14)9-13(15)11(7-3)8-4;1-8(2)5-10(12)7-11(13)6-9(3)4;1-6(2)8(10)5-9(11)7(3)4;1-4(6)3-5(2)7;;;;/h5,8-13,17H,3-4,6-7H2,1-2H3;3*5-8,10-11,13-14H,9H2,1-4H3;9-11,14H,5-8H2,1-4H3;7-9,12H,5-6H2,1-4H3;5-7,10H,1-4H3;3,6H,1-2H3;;;;/q4*-1;;;;;;;;. The minimum absolute atomic E-state index is 0. The van der Waals surface area contributed by atoms with E-state index in [1.807, 2.05) is 83.1 Å². The van der Waals surface area contributed by atoms with E-state index in [0.717, 1.165) is 135 Å². The van der Waals surface area contributed by atoms with Gasteiger partial charge in [-0.3, -0.25) is 39.1 Å². The molecule has 0 aliphatic heterocycles. The average Bonchev–Trinajstić information content (AvgIpc) is 1.77. The van der Waals surface area contributed by atoms with Crippen LogP contribution in [-0.4, -0.2) is 63.5 Å². The second kappa shape index (κ2) is 63.7. The molecule has 16 heteroatoms. The van der Waals surface area contributed by atoms with E-state index in [4.69, 9.17) is 25.0 Å². The molecule has 4 heterocycles. The van der Waals surface area contributed by atoms with Crippen molar-refractivity contribution in [3.63, 3.8) is 0 Å². The number of ketones is 4. The Bertz CT molecular complexity index is 5600. The molecule has 756 valence electrons. The first-order chi connectivity index (χ1) is 63.8. The molecular weight excluding hydrogens is 2430 g/mol. The van der Waals surface area contributed by atoms with Crippen molar-refractivity contribution in [1.82, 2.24) is 19.9 Å². The fourth-order valence-corrected chi connectivity index (χ4v) is 16.5. The summed E-state index contributed by atoms with van der Waals surface area (Å²) in [7, 11) is 0. The third-order valence-corrected chi connectivity index (χ3v) is 22.9. The smallest absolute Gasteiger partial charge is 0.162 e. The van der Waals surface area contributed by atoms with Crippen molar-refractivity contribution in [3.05, 3.63) is 308 Å². The maximum Gasteiger partial charge on any atom is 0.162 e. The second-order valence-corrected chi connectivity index (χ2v) is 39.5. The summed E-state index contributed by atoms with van der Waals surface area (Å²) in [6.45, 7) is 56.6. The number of hydrogen-bond donors (Lipinski definition) is 4. The maximum absolute atomic E-state index is 11.7. The predicted octanol–water partition coefficient (Wildman–Crippen LogP) is 32.8. The number of rotatable bonds is 27. The van der Waals surface area contributed by atoms with E-state index in [9.17, 15) is 34.5 Å². The number of aromatic nitrogens is 4. The molecule has 1 saturated carbocycles. The number of nitrogens with zero attached hydrogens (tertiary/aromatic N) is 4. The van der Waals surface area contributed by atoms with Gasteiger partial charge in [-0.05, 0) is 211 Å². The van der Waals surface area contributed by atoms with Gasteiger partial charge in [0.1, 0.15) is 0 Å². The molecule has 1 fully saturated rings. The number of pyridine rings is 4. The van der Waals surface area contributed by atoms with Crippen LogP contribution in [0, 0.1) is 133 Å². The third kappa shape index (κ3) is 44.9. The summed E-state index contributed by atoms with van der Waals surface area (Å²) < 4.78 is 0. The Morgan fingerprint density at radius 1 is 0.360 bits per heavy atom. The van der Waals surface area contributed by atoms with Crippen molar-refractivity contribution >= 4 is 66.7 Å². The number of carbonyl (C=O) groups is 4. The zero-order chi connectivity index (χ0) is 100. The number of aliphatic hydroxyl groups is 4. The molecule has 0 unspecified atom stereocenters. The molecular formula is C123H156Ir4N4O8-4. The number of hydrogen-bond acceptors (Lipinski definition) is 12. The minimum Gasteiger partial charge on any atom is -0.512 e. The molecule has 4 aromatic heterocycles. The van der Waals surface area contributed by atoms with Crippen LogP contribution in [0.5, 0.6) is 0 Å². The monoisotopic (exact) mass is 2590 g/mol. The summed E-state index contributed by atoms with van der Waals surface area (Å²) >= 11 is 0. The van der Waals surface area contributed by atoms with Crippen LogP contribution in [0.4, 0.5) is 0 Å². The summed E-state index contributed by atoms with van der Waals surface area (Å²) in [4.78, 5) is 63.3. The largest absolute Gasteiger partial charge is 0.512 e. The molecule has 4 radical (unpaired) electrons. The first kappa shape index (κ1) is 126. The molecule has 1 aliphatic carbocycles. The van der Waals surface area contributed by atoms with Gasteiger partial charge in [-0.15, -0.1) is 140 Å². The van der Waals surface area contributed by atoms with Crippen LogP contribution >= 0.6 is 0 Å². The number of aryl methyl sites for hydroxylation is 8. The van der Waals surface area contributed by atoms with Crippen molar-refractivity contribution in [1.29, 1.82) is 0 Å². The van der Waals surface area contributed by atoms with Gasteiger partial charge in [-0.1, -0.05) is 272 Å². The second-order valence-electron chi connectivity index (χ2n) is 39.5. The van der Waals surface area contributed by atoms with Crippen LogP contribution in [0.3, 0.4) is 0 Å². The van der Waals surface area contributed by atoms with Crippen molar-refractivity contribution < 1.29 is 120 Å². The van der Waals surface area contributed by atoms with Crippen LogP contribution in [-0.2, 0) is 119 Å². The van der Waals surface area contributed by atoms with Gasteiger partial charge in [0.2, 0.25) is 0 Å². The summed E-state index contributed by atoms with van der Waals surface area (Å²) in [6, 6.07) is 74.5. The number of allylic oxidation sites excluding steroid dienone is 8. The molecule has 0 amide bonds. The molecule has 8 aromatic carbocycles. The quantitative estimate of drug-likeness (QED) is 0.0216. The van der Waals surface area contributed by atoms with E-state index < -0.39 is 0 Å². The number of fused-ring (bicyclic) bond motifs is 4. The van der Waals surface area contributed by atoms with E-state index in [2.05, 4.69) is 291 Å². The van der Waals surface area contributed by atoms with Gasteiger partial charge in [0, 0.05) is 147 Å². The molecule has 4 N–H and O–H groups in total. The van der Waals surface area contributed by atoms with Gasteiger partial charge < -0.3 is 20.4 Å². The molecule has 139 heavy (non-hydrogen) atoms. The molecule has 0 spiro atoms. The van der Waals surface area contributed by atoms with E-state index in [0.29, 0.717) is 42.4 Å². The average molecular weight is 2590 g/mol. The third-order valence-electron chi connectivity index (χ3n) is 22.9. The van der Waals surface area contributed by atoms with Gasteiger partial charge in [0.15, 0.2) is 23.1 Å². The first-order valence-corrected chi connectivity index (χ1v) is 49.1. The Labute approximate surface area is 888 Å². The van der Waals surface area contributed by atoms with Crippen LogP contribution in [0.25, 0.3) is 88.6 Å². The van der Waals surface area contributed by atoms with Crippen LogP contribution in [0.2, 0.25) is 0 Å². The fraction of sp³-hybridized carbons (Fsp3) is 0.415. The van der Waals surface area contributed by atoms with Gasteiger partial charge in [0.05, 0.1) is 45.1 Å². The zero-order valence-electron chi connectivity index (χ0n) is 88.0. The molecule has 0 atom stereocenters. The zero-order valence-corrected chi connectivity index (χ0v) is 97.6. The Morgan fingerprint density at radius 3 is 0.993 bits per heavy atom. The van der Waals surface area contributed by atoms with Crippen molar-refractivity contribution in [2.24, 2.45) is 53.3 Å². The number of aliphatic hydroxyl groups excluding tert-OH is 4. The summed E-state index contributed by atoms with van der Waals surface area (Å²) in [5.74, 6) is 4.37. The Kier molecular flexibility index (Phi) is 57.7. The predicted molar refractivity (Wildman–Crippen MR) is 570 cm³/mol. The molecule has 13 rings (SSSR count). The van der Waals surface area contributed by atoms with E-state index in [1.54, 1.807) is 0 Å². The van der Waals surface area contributed by atoms with Crippen molar-refractivity contribution in [2.45, 2.75) is 283 Å². The SMILES string of the molecule is CC(=O)C=C(C)O.CC(C)C(=O)C=C(O)C(C)C.CC(C)CC(=O)C=C(O)CC(C)C.CCC(CC)C(=O)C=C(O)C(CC)CC.Cc1[c-]c(-c2ccc3c(C4CCCC4)cccc3n2)cc(C)c1.Cc1[c-]c(-c2ccc3cc(CC(C)C)ccc3n2)cc(C)c1.Cc1[c-]c(-c2ccc3cc(CC(C)C)ccc3n2)cc(C)c1.Cc1[c-]c(-c2ccc3cc(CC(C)C)ccc3n2)cc(C)c1.[Ir].[Ir].[Ir].[Ir]. The summed E-state index contributed by atoms with van der Waals surface area (Å²) in [6.07, 6.45) is 18.6. The van der Waals surface area contributed by atoms with Crippen LogP contribution in [0.15, 0.2) is 217 Å². The molecule has 0 bridgehead atoms. The van der Waals surface area contributed by atoms with Crippen LogP contribution in [0.1, 0.15) is 275 Å². The van der Waals surface area contributed by atoms with Gasteiger partial charge in [-0.2, -0.15) is 0 Å². The summed E-state index contributed by atoms with van der Waals surface area (Å²) in [5, 5.41) is 41.6. The van der Waals surface area contributed by atoms with E-state index in [-0.39, 0.29) is 150 Å². The molecule has 12 aromatic rings. The Hall–Kier alpha value is -9.16. The van der Waals surface area contributed by atoms with Crippen molar-refractivity contribution in [3.8, 4) is 45.0 Å². The van der Waals surface area contributed by atoms with Crippen LogP contribution < -0.4 is 0 Å². The topological polar surface area (TPSA) is 201 Å². The van der Waals surface area contributed by atoms with E-state index >= 15 is 0 Å². The Morgan fingerprint density at radius 2 is 0.698 bits per heavy atom. The number of carbonyl (C=O) groups excluding carboxylic acids is 4. The minimum atomic E-state index is -0.125. The van der Waals surface area contributed by atoms with Gasteiger partial charge in [0.25, 0.3) is 0 Å². The molecule has 12 nitrogen and oxygen atoms in total. The van der Waals surface area contributed by atoms with Gasteiger partial charge >= 0.3 is 0 Å². The normalized spacial score (nSPS) is 12.0. The molecule has 0 saturated heterocycles. The number of benzene rings is 8. The maximum atomic E-state index is 11.7. The fourth-order valence-electron chi connectivity index (χ4n) is 16.5. The Balaban J connectivity index is 0.000000547. The van der Waals surface area contributed by atoms with Crippen molar-refractivity contribution in [2.75, 3.05) is 0 Å².